The second kappa shape index (κ2) is 7.67. The van der Waals surface area contributed by atoms with Gasteiger partial charge in [0.05, 0.1) is 36.0 Å². The van der Waals surface area contributed by atoms with Crippen LogP contribution in [0.15, 0.2) is 48.5 Å². The molecule has 9 heteroatoms. The number of rotatable bonds is 3. The third-order valence-corrected chi connectivity index (χ3v) is 4.85. The minimum atomic E-state index is -0.695. The molecular weight excluding hydrogens is 387 g/mol. The fourth-order valence-corrected chi connectivity index (χ4v) is 3.46. The lowest BCUT2D eigenvalue weighted by Gasteiger charge is -2.28. The first kappa shape index (κ1) is 19.1. The number of aromatic nitrogens is 2. The number of nitrogens with zero attached hydrogens (tertiary/aromatic N) is 4. The summed E-state index contributed by atoms with van der Waals surface area (Å²) in [6, 6.07) is 14.0. The van der Waals surface area contributed by atoms with Crippen LogP contribution in [0.25, 0.3) is 11.3 Å². The van der Waals surface area contributed by atoms with Gasteiger partial charge in [-0.3, -0.25) is 9.48 Å². The Morgan fingerprint density at radius 3 is 2.70 bits per heavy atom. The van der Waals surface area contributed by atoms with Crippen molar-refractivity contribution in [3.8, 4) is 17.3 Å². The molecule has 0 bridgehead atoms. The third-order valence-electron chi connectivity index (χ3n) is 4.85. The average molecular weight is 404 g/mol. The molecule has 0 saturated heterocycles. The zero-order chi connectivity index (χ0) is 21.3. The third kappa shape index (κ3) is 3.58. The predicted octanol–water partition coefficient (Wildman–Crippen LogP) is 2.71. The first-order chi connectivity index (χ1) is 14.5. The van der Waals surface area contributed by atoms with E-state index in [0.29, 0.717) is 41.3 Å². The summed E-state index contributed by atoms with van der Waals surface area (Å²) in [5, 5.41) is 16.2. The fraction of sp³-hybridized carbons (Fsp3) is 0.143. The summed E-state index contributed by atoms with van der Waals surface area (Å²) < 4.78 is 15.3. The molecule has 4 rings (SSSR count). The van der Waals surface area contributed by atoms with Crippen LogP contribution >= 0.6 is 0 Å². The Balaban J connectivity index is 1.62. The minimum absolute atomic E-state index is 0.115. The number of nitrogens with one attached hydrogen (secondary N) is 1. The number of fused-ring (bicyclic) bond motifs is 1. The van der Waals surface area contributed by atoms with Gasteiger partial charge in [-0.2, -0.15) is 10.4 Å². The number of benzene rings is 2. The van der Waals surface area contributed by atoms with Gasteiger partial charge in [0.25, 0.3) is 5.91 Å². The summed E-state index contributed by atoms with van der Waals surface area (Å²) in [6.45, 7) is 0.834. The molecule has 0 saturated carbocycles. The second-order valence-corrected chi connectivity index (χ2v) is 6.81. The molecule has 8 nitrogen and oxygen atoms in total. The summed E-state index contributed by atoms with van der Waals surface area (Å²) in [5.41, 5.74) is 7.92. The Bertz CT molecular complexity index is 1200. The van der Waals surface area contributed by atoms with Crippen molar-refractivity contribution in [3.05, 3.63) is 71.2 Å². The summed E-state index contributed by atoms with van der Waals surface area (Å²) in [7, 11) is 0. The van der Waals surface area contributed by atoms with Gasteiger partial charge in [-0.1, -0.05) is 18.2 Å². The molecule has 2 aromatic carbocycles. The van der Waals surface area contributed by atoms with Crippen LogP contribution in [0.5, 0.6) is 0 Å². The molecule has 30 heavy (non-hydrogen) atoms. The summed E-state index contributed by atoms with van der Waals surface area (Å²) in [6.07, 6.45) is 0. The van der Waals surface area contributed by atoms with Gasteiger partial charge in [-0.25, -0.2) is 9.18 Å². The van der Waals surface area contributed by atoms with Crippen LogP contribution in [0.4, 0.5) is 14.9 Å². The molecular formula is C21H17FN6O2. The van der Waals surface area contributed by atoms with E-state index >= 15 is 0 Å². The van der Waals surface area contributed by atoms with E-state index < -0.39 is 11.7 Å². The zero-order valence-electron chi connectivity index (χ0n) is 15.8. The largest absolute Gasteiger partial charge is 0.365 e. The molecule has 0 aliphatic carbocycles. The Hall–Kier alpha value is -4.19. The Kier molecular flexibility index (Phi) is 4.90. The van der Waals surface area contributed by atoms with Crippen LogP contribution in [0, 0.1) is 17.1 Å². The normalized spacial score (nSPS) is 12.7. The van der Waals surface area contributed by atoms with Crippen LogP contribution < -0.4 is 11.1 Å². The molecule has 150 valence electrons. The van der Waals surface area contributed by atoms with Crippen molar-refractivity contribution >= 4 is 17.6 Å². The molecule has 3 amide bonds. The number of carbonyl (C=O) groups excluding carboxylic acids is 2. The highest BCUT2D eigenvalue weighted by Crippen LogP contribution is 2.28. The number of nitriles is 1. The Morgan fingerprint density at radius 2 is 1.97 bits per heavy atom. The lowest BCUT2D eigenvalue weighted by molar-refractivity contribution is 0.0997. The predicted molar refractivity (Wildman–Crippen MR) is 107 cm³/mol. The zero-order valence-corrected chi connectivity index (χ0v) is 15.8. The van der Waals surface area contributed by atoms with Crippen LogP contribution in [0.2, 0.25) is 0 Å². The van der Waals surface area contributed by atoms with Gasteiger partial charge in [0.2, 0.25) is 0 Å². The van der Waals surface area contributed by atoms with Gasteiger partial charge >= 0.3 is 6.03 Å². The van der Waals surface area contributed by atoms with E-state index in [0.717, 1.165) is 0 Å². The SMILES string of the molecule is N#Cc1cccc(NC(=O)N2CCn3nc(-c4cccc(F)c4)c(C(N)=O)c3C2)c1. The van der Waals surface area contributed by atoms with Gasteiger partial charge in [0, 0.05) is 17.8 Å². The van der Waals surface area contributed by atoms with Crippen LogP contribution in [-0.4, -0.2) is 33.2 Å². The van der Waals surface area contributed by atoms with E-state index in [1.165, 1.54) is 23.1 Å². The van der Waals surface area contributed by atoms with Crippen molar-refractivity contribution in [1.29, 1.82) is 5.26 Å². The van der Waals surface area contributed by atoms with Crippen LogP contribution in [-0.2, 0) is 13.1 Å². The maximum atomic E-state index is 13.7. The number of halogens is 1. The molecule has 0 atom stereocenters. The Morgan fingerprint density at radius 1 is 1.17 bits per heavy atom. The topological polar surface area (TPSA) is 117 Å². The van der Waals surface area contributed by atoms with Crippen molar-refractivity contribution in [2.75, 3.05) is 11.9 Å². The number of hydrogen-bond acceptors (Lipinski definition) is 4. The molecule has 0 spiro atoms. The lowest BCUT2D eigenvalue weighted by Crippen LogP contribution is -2.41. The highest BCUT2D eigenvalue weighted by Gasteiger charge is 2.29. The Labute approximate surface area is 171 Å². The summed E-state index contributed by atoms with van der Waals surface area (Å²) in [5.74, 6) is -1.14. The molecule has 1 aliphatic heterocycles. The molecule has 0 unspecified atom stereocenters. The maximum Gasteiger partial charge on any atom is 0.322 e. The molecule has 3 aromatic rings. The molecule has 1 aromatic heterocycles. The lowest BCUT2D eigenvalue weighted by atomic mass is 10.0. The van der Waals surface area contributed by atoms with Crippen molar-refractivity contribution in [3.63, 3.8) is 0 Å². The molecule has 0 fully saturated rings. The number of amides is 3. The standard InChI is InChI=1S/C21H17FN6O2/c22-15-5-2-4-14(10-15)19-18(20(24)29)17-12-27(7-8-28(17)26-19)21(30)25-16-6-1-3-13(9-16)11-23/h1-6,9-10H,7-8,12H2,(H2,24,29)(H,25,30). The fourth-order valence-electron chi connectivity index (χ4n) is 3.46. The number of hydrogen-bond donors (Lipinski definition) is 2. The summed E-state index contributed by atoms with van der Waals surface area (Å²) in [4.78, 5) is 26.4. The van der Waals surface area contributed by atoms with Gasteiger partial charge in [-0.15, -0.1) is 0 Å². The smallest absolute Gasteiger partial charge is 0.322 e. The maximum absolute atomic E-state index is 13.7. The molecule has 0 radical (unpaired) electrons. The number of urea groups is 1. The van der Waals surface area contributed by atoms with E-state index in [4.69, 9.17) is 11.0 Å². The van der Waals surface area contributed by atoms with E-state index in [1.54, 1.807) is 35.0 Å². The monoisotopic (exact) mass is 404 g/mol. The average Bonchev–Trinajstić information content (AvgIpc) is 3.13. The van der Waals surface area contributed by atoms with Crippen LogP contribution in [0.3, 0.4) is 0 Å². The molecule has 3 N–H and O–H groups in total. The van der Waals surface area contributed by atoms with Gasteiger partial charge in [0.15, 0.2) is 0 Å². The second-order valence-electron chi connectivity index (χ2n) is 6.81. The number of carbonyl (C=O) groups is 2. The van der Waals surface area contributed by atoms with E-state index in [1.807, 2.05) is 6.07 Å². The number of anilines is 1. The van der Waals surface area contributed by atoms with Crippen molar-refractivity contribution in [2.45, 2.75) is 13.1 Å². The van der Waals surface area contributed by atoms with Gasteiger partial charge in [0.1, 0.15) is 11.5 Å². The number of primary amides is 1. The quantitative estimate of drug-likeness (QED) is 0.698. The molecule has 2 heterocycles. The van der Waals surface area contributed by atoms with Crippen molar-refractivity contribution < 1.29 is 14.0 Å². The van der Waals surface area contributed by atoms with Crippen molar-refractivity contribution in [2.24, 2.45) is 5.73 Å². The highest BCUT2D eigenvalue weighted by molar-refractivity contribution is 6.00. The van der Waals surface area contributed by atoms with E-state index in [-0.39, 0.29) is 18.1 Å². The van der Waals surface area contributed by atoms with E-state index in [9.17, 15) is 14.0 Å². The minimum Gasteiger partial charge on any atom is -0.365 e. The molecule has 1 aliphatic rings. The first-order valence-corrected chi connectivity index (χ1v) is 9.18. The van der Waals surface area contributed by atoms with Gasteiger partial charge in [-0.05, 0) is 30.3 Å². The highest BCUT2D eigenvalue weighted by atomic mass is 19.1. The van der Waals surface area contributed by atoms with E-state index in [2.05, 4.69) is 10.4 Å². The van der Waals surface area contributed by atoms with Gasteiger partial charge < -0.3 is 16.0 Å². The van der Waals surface area contributed by atoms with Crippen molar-refractivity contribution in [1.82, 2.24) is 14.7 Å². The number of nitrogens with two attached hydrogens (primary N) is 1. The van der Waals surface area contributed by atoms with Crippen LogP contribution in [0.1, 0.15) is 21.6 Å². The summed E-state index contributed by atoms with van der Waals surface area (Å²) >= 11 is 0. The first-order valence-electron chi connectivity index (χ1n) is 9.18.